The predicted molar refractivity (Wildman–Crippen MR) is 92.2 cm³/mol. The molecular formula is C15H9Cl3N2O4. The van der Waals surface area contributed by atoms with Crippen LogP contribution in [0.25, 0.3) is 22.6 Å². The van der Waals surface area contributed by atoms with Gasteiger partial charge in [-0.1, -0.05) is 46.9 Å². The molecular weight excluding hydrogens is 379 g/mol. The number of para-hydroxylation sites is 2. The van der Waals surface area contributed by atoms with Crippen molar-refractivity contribution in [3.63, 3.8) is 0 Å². The van der Waals surface area contributed by atoms with Crippen molar-refractivity contribution in [3.8, 4) is 11.5 Å². The van der Waals surface area contributed by atoms with Crippen LogP contribution in [0.5, 0.6) is 0 Å². The summed E-state index contributed by atoms with van der Waals surface area (Å²) < 4.78 is 8.60. The number of hydrogen-bond donors (Lipinski definition) is 1. The van der Waals surface area contributed by atoms with E-state index in [1.807, 2.05) is 6.07 Å². The van der Waals surface area contributed by atoms with Crippen LogP contribution in [-0.2, 0) is 4.74 Å². The SMILES string of the molecule is O=C(Nc1cc2nc3ccccc3oc-2cc1=O)OCC(Cl)(Cl)Cl. The Balaban J connectivity index is 1.90. The second-order valence-corrected chi connectivity index (χ2v) is 7.33. The molecule has 0 saturated heterocycles. The van der Waals surface area contributed by atoms with Gasteiger partial charge in [-0.25, -0.2) is 9.78 Å². The number of amides is 1. The maximum Gasteiger partial charge on any atom is 0.411 e. The first-order valence-corrected chi connectivity index (χ1v) is 7.79. The van der Waals surface area contributed by atoms with Crippen LogP contribution in [-0.4, -0.2) is 21.5 Å². The number of anilines is 1. The Hall–Kier alpha value is -2.02. The van der Waals surface area contributed by atoms with Gasteiger partial charge in [0.25, 0.3) is 0 Å². The summed E-state index contributed by atoms with van der Waals surface area (Å²) in [6.07, 6.45) is -0.921. The van der Waals surface area contributed by atoms with Crippen molar-refractivity contribution < 1.29 is 13.9 Å². The van der Waals surface area contributed by atoms with Gasteiger partial charge >= 0.3 is 6.09 Å². The molecule has 0 radical (unpaired) electrons. The molecule has 124 valence electrons. The van der Waals surface area contributed by atoms with Crippen molar-refractivity contribution in [1.82, 2.24) is 4.98 Å². The van der Waals surface area contributed by atoms with Crippen LogP contribution in [0.3, 0.4) is 0 Å². The monoisotopic (exact) mass is 386 g/mol. The third-order valence-electron chi connectivity index (χ3n) is 2.99. The summed E-state index contributed by atoms with van der Waals surface area (Å²) in [5, 5.41) is 2.29. The lowest BCUT2D eigenvalue weighted by atomic mass is 10.2. The van der Waals surface area contributed by atoms with Gasteiger partial charge in [0.15, 0.2) is 11.3 Å². The highest BCUT2D eigenvalue weighted by Gasteiger charge is 2.22. The van der Waals surface area contributed by atoms with Crippen molar-refractivity contribution in [2.24, 2.45) is 0 Å². The Morgan fingerprint density at radius 1 is 1.25 bits per heavy atom. The Bertz CT molecular complexity index is 936. The molecule has 1 aliphatic carbocycles. The minimum absolute atomic E-state index is 0.0187. The number of halogens is 3. The molecule has 0 atom stereocenters. The van der Waals surface area contributed by atoms with E-state index in [1.165, 1.54) is 12.1 Å². The van der Waals surface area contributed by atoms with Crippen LogP contribution in [0.1, 0.15) is 0 Å². The number of carbonyl (C=O) groups excluding carboxylic acids is 1. The topological polar surface area (TPSA) is 81.4 Å². The minimum Gasteiger partial charge on any atom is -0.453 e. The highest BCUT2D eigenvalue weighted by molar-refractivity contribution is 6.67. The smallest absolute Gasteiger partial charge is 0.411 e. The molecule has 2 aliphatic rings. The Labute approximate surface area is 150 Å². The van der Waals surface area contributed by atoms with Crippen molar-refractivity contribution in [2.45, 2.75) is 3.79 Å². The average Bonchev–Trinajstić information content (AvgIpc) is 2.51. The highest BCUT2D eigenvalue weighted by Crippen LogP contribution is 2.27. The van der Waals surface area contributed by atoms with Crippen LogP contribution >= 0.6 is 34.8 Å². The summed E-state index contributed by atoms with van der Waals surface area (Å²) in [4.78, 5) is 28.1. The first kappa shape index (κ1) is 16.8. The molecule has 1 heterocycles. The van der Waals surface area contributed by atoms with E-state index in [-0.39, 0.29) is 5.69 Å². The van der Waals surface area contributed by atoms with Gasteiger partial charge in [-0.05, 0) is 18.2 Å². The third-order valence-corrected chi connectivity index (χ3v) is 3.32. The summed E-state index contributed by atoms with van der Waals surface area (Å²) in [6.45, 7) is -0.455. The van der Waals surface area contributed by atoms with Gasteiger partial charge in [0.2, 0.25) is 9.22 Å². The van der Waals surface area contributed by atoms with Crippen molar-refractivity contribution in [2.75, 3.05) is 11.9 Å². The van der Waals surface area contributed by atoms with E-state index < -0.39 is 21.9 Å². The number of alkyl halides is 3. The molecule has 1 aromatic carbocycles. The maximum absolute atomic E-state index is 12.1. The molecule has 1 aliphatic heterocycles. The van der Waals surface area contributed by atoms with E-state index in [9.17, 15) is 9.59 Å². The zero-order valence-corrected chi connectivity index (χ0v) is 14.2. The van der Waals surface area contributed by atoms with Crippen LogP contribution in [0.15, 0.2) is 45.6 Å². The lowest BCUT2D eigenvalue weighted by Crippen LogP contribution is -2.23. The first-order chi connectivity index (χ1) is 11.3. The fourth-order valence-corrected chi connectivity index (χ4v) is 2.16. The van der Waals surface area contributed by atoms with E-state index in [0.717, 1.165) is 0 Å². The third kappa shape index (κ3) is 3.90. The van der Waals surface area contributed by atoms with Gasteiger partial charge in [0.05, 0.1) is 5.69 Å². The highest BCUT2D eigenvalue weighted by atomic mass is 35.6. The summed E-state index contributed by atoms with van der Waals surface area (Å²) in [7, 11) is 0. The normalized spacial score (nSPS) is 11.6. The van der Waals surface area contributed by atoms with Gasteiger partial charge < -0.3 is 9.15 Å². The Morgan fingerprint density at radius 2 is 2.00 bits per heavy atom. The second kappa shape index (κ2) is 6.47. The lowest BCUT2D eigenvalue weighted by molar-refractivity contribution is 0.164. The van der Waals surface area contributed by atoms with Gasteiger partial charge in [-0.2, -0.15) is 0 Å². The van der Waals surface area contributed by atoms with E-state index in [0.29, 0.717) is 22.6 Å². The zero-order chi connectivity index (χ0) is 17.3. The summed E-state index contributed by atoms with van der Waals surface area (Å²) in [5.41, 5.74) is 1.09. The fraction of sp³-hybridized carbons (Fsp3) is 0.133. The number of carbonyl (C=O) groups is 1. The van der Waals surface area contributed by atoms with Gasteiger partial charge in [-0.15, -0.1) is 0 Å². The largest absolute Gasteiger partial charge is 0.453 e. The van der Waals surface area contributed by atoms with E-state index in [4.69, 9.17) is 44.0 Å². The van der Waals surface area contributed by atoms with Gasteiger partial charge in [0, 0.05) is 6.07 Å². The van der Waals surface area contributed by atoms with Crippen LogP contribution in [0.2, 0.25) is 0 Å². The van der Waals surface area contributed by atoms with Crippen molar-refractivity contribution in [3.05, 3.63) is 46.6 Å². The standard InChI is InChI=1S/C15H9Cl3N2O4/c16-15(17,18)7-23-14(22)20-9-5-10-13(6-11(9)21)24-12-4-2-1-3-8(12)19-10/h1-6H,7H2,(H,20,22). The zero-order valence-electron chi connectivity index (χ0n) is 11.9. The first-order valence-electron chi connectivity index (χ1n) is 6.66. The minimum atomic E-state index is -1.74. The molecule has 1 aromatic rings. The van der Waals surface area contributed by atoms with Crippen LogP contribution < -0.4 is 10.7 Å². The summed E-state index contributed by atoms with van der Waals surface area (Å²) >= 11 is 16.5. The lowest BCUT2D eigenvalue weighted by Gasteiger charge is -2.12. The number of nitrogens with one attached hydrogen (secondary N) is 1. The van der Waals surface area contributed by atoms with Crippen molar-refractivity contribution in [1.29, 1.82) is 0 Å². The molecule has 0 spiro atoms. The number of aromatic nitrogens is 1. The number of ether oxygens (including phenoxy) is 1. The van der Waals surface area contributed by atoms with E-state index in [2.05, 4.69) is 10.3 Å². The number of rotatable bonds is 2. The fourth-order valence-electron chi connectivity index (χ4n) is 1.99. The number of hydrogen-bond acceptors (Lipinski definition) is 5. The average molecular weight is 388 g/mol. The predicted octanol–water partition coefficient (Wildman–Crippen LogP) is 4.21. The molecule has 0 fully saturated rings. The molecule has 0 aromatic heterocycles. The molecule has 1 N–H and O–H groups in total. The molecule has 0 bridgehead atoms. The molecule has 1 amide bonds. The molecule has 24 heavy (non-hydrogen) atoms. The summed E-state index contributed by atoms with van der Waals surface area (Å²) in [5.74, 6) is 0.305. The Morgan fingerprint density at radius 3 is 2.75 bits per heavy atom. The number of fused-ring (bicyclic) bond motifs is 2. The summed E-state index contributed by atoms with van der Waals surface area (Å²) in [6, 6.07) is 9.75. The maximum atomic E-state index is 12.1. The molecule has 0 saturated carbocycles. The van der Waals surface area contributed by atoms with Crippen LogP contribution in [0, 0.1) is 0 Å². The molecule has 6 nitrogen and oxygen atoms in total. The number of benzene rings is 2. The Kier molecular flexibility index (Phi) is 4.54. The van der Waals surface area contributed by atoms with Gasteiger partial charge in [-0.3, -0.25) is 10.1 Å². The van der Waals surface area contributed by atoms with E-state index >= 15 is 0 Å². The second-order valence-electron chi connectivity index (χ2n) is 4.81. The van der Waals surface area contributed by atoms with Gasteiger partial charge in [0.1, 0.15) is 17.8 Å². The molecule has 3 rings (SSSR count). The van der Waals surface area contributed by atoms with E-state index in [1.54, 1.807) is 18.2 Å². The molecule has 0 unspecified atom stereocenters. The number of nitrogens with zero attached hydrogens (tertiary/aromatic N) is 1. The van der Waals surface area contributed by atoms with Crippen molar-refractivity contribution >= 4 is 57.7 Å². The van der Waals surface area contributed by atoms with Crippen LogP contribution in [0.4, 0.5) is 10.5 Å². The quantitative estimate of drug-likeness (QED) is 0.526. The molecule has 9 heteroatoms.